The second kappa shape index (κ2) is 7.49. The SMILES string of the molecule is Cc1cccc(C2=CCC(C)(C)c3cc4ccc(-c5ccc(C(=O)O)cc5)cc4cc32)c1. The van der Waals surface area contributed by atoms with Gasteiger partial charge >= 0.3 is 5.97 Å². The first-order valence-electron chi connectivity index (χ1n) is 11.0. The number of hydrogen-bond acceptors (Lipinski definition) is 1. The Morgan fingerprint density at radius 2 is 1.56 bits per heavy atom. The lowest BCUT2D eigenvalue weighted by atomic mass is 9.71. The summed E-state index contributed by atoms with van der Waals surface area (Å²) in [4.78, 5) is 11.2. The molecule has 4 aromatic rings. The van der Waals surface area contributed by atoms with Crippen molar-refractivity contribution in [2.24, 2.45) is 0 Å². The molecule has 0 bridgehead atoms. The van der Waals surface area contributed by atoms with Gasteiger partial charge in [0.25, 0.3) is 0 Å². The van der Waals surface area contributed by atoms with E-state index in [0.717, 1.165) is 17.5 Å². The second-order valence-electron chi connectivity index (χ2n) is 9.42. The van der Waals surface area contributed by atoms with Crippen molar-refractivity contribution >= 4 is 22.3 Å². The number of hydrogen-bond donors (Lipinski definition) is 1. The van der Waals surface area contributed by atoms with Crippen LogP contribution in [0.1, 0.15) is 52.9 Å². The van der Waals surface area contributed by atoms with Crippen LogP contribution in [-0.2, 0) is 5.41 Å². The van der Waals surface area contributed by atoms with E-state index >= 15 is 0 Å². The maximum Gasteiger partial charge on any atom is 0.335 e. The van der Waals surface area contributed by atoms with Gasteiger partial charge in [-0.2, -0.15) is 0 Å². The largest absolute Gasteiger partial charge is 0.478 e. The summed E-state index contributed by atoms with van der Waals surface area (Å²) in [6, 6.07) is 27.0. The molecule has 4 aromatic carbocycles. The fourth-order valence-electron chi connectivity index (χ4n) is 4.73. The molecule has 2 heteroatoms. The fraction of sp³-hybridized carbons (Fsp3) is 0.167. The molecule has 0 spiro atoms. The zero-order chi connectivity index (χ0) is 22.5. The van der Waals surface area contributed by atoms with Crippen molar-refractivity contribution in [1.29, 1.82) is 0 Å². The number of benzene rings is 4. The molecule has 0 unspecified atom stereocenters. The Morgan fingerprint density at radius 3 is 2.28 bits per heavy atom. The number of allylic oxidation sites excluding steroid dienone is 1. The summed E-state index contributed by atoms with van der Waals surface area (Å²) in [5.41, 5.74) is 9.03. The van der Waals surface area contributed by atoms with E-state index in [1.807, 2.05) is 12.1 Å². The van der Waals surface area contributed by atoms with Gasteiger partial charge in [-0.25, -0.2) is 4.79 Å². The molecule has 0 saturated carbocycles. The van der Waals surface area contributed by atoms with Gasteiger partial charge in [-0.1, -0.05) is 74.0 Å². The van der Waals surface area contributed by atoms with Crippen LogP contribution in [0.4, 0.5) is 0 Å². The first-order chi connectivity index (χ1) is 15.3. The molecule has 0 heterocycles. The predicted octanol–water partition coefficient (Wildman–Crippen LogP) is 7.63. The van der Waals surface area contributed by atoms with Gasteiger partial charge in [0, 0.05) is 0 Å². The van der Waals surface area contributed by atoms with E-state index in [1.54, 1.807) is 12.1 Å². The molecule has 0 amide bonds. The average molecular weight is 419 g/mol. The highest BCUT2D eigenvalue weighted by Crippen LogP contribution is 2.43. The topological polar surface area (TPSA) is 37.3 Å². The van der Waals surface area contributed by atoms with Gasteiger partial charge in [0.15, 0.2) is 0 Å². The number of carbonyl (C=O) groups is 1. The van der Waals surface area contributed by atoms with E-state index in [4.69, 9.17) is 0 Å². The molecule has 5 rings (SSSR count). The van der Waals surface area contributed by atoms with Gasteiger partial charge in [0.05, 0.1) is 5.56 Å². The molecule has 32 heavy (non-hydrogen) atoms. The fourth-order valence-corrected chi connectivity index (χ4v) is 4.73. The van der Waals surface area contributed by atoms with Crippen molar-refractivity contribution in [2.45, 2.75) is 32.6 Å². The molecule has 0 aliphatic heterocycles. The molecular weight excluding hydrogens is 392 g/mol. The van der Waals surface area contributed by atoms with Crippen LogP contribution in [0.2, 0.25) is 0 Å². The van der Waals surface area contributed by atoms with Crippen molar-refractivity contribution in [2.75, 3.05) is 0 Å². The van der Waals surface area contributed by atoms with Crippen LogP contribution in [0.25, 0.3) is 27.5 Å². The molecule has 2 nitrogen and oxygen atoms in total. The Kier molecular flexibility index (Phi) is 4.74. The van der Waals surface area contributed by atoms with Crippen LogP contribution >= 0.6 is 0 Å². The van der Waals surface area contributed by atoms with E-state index in [0.29, 0.717) is 5.56 Å². The van der Waals surface area contributed by atoms with Crippen LogP contribution in [0, 0.1) is 6.92 Å². The lowest BCUT2D eigenvalue weighted by molar-refractivity contribution is 0.0697. The first-order valence-corrected chi connectivity index (χ1v) is 11.0. The van der Waals surface area contributed by atoms with Gasteiger partial charge < -0.3 is 5.11 Å². The smallest absolute Gasteiger partial charge is 0.335 e. The molecule has 1 aliphatic carbocycles. The normalized spacial score (nSPS) is 14.7. The van der Waals surface area contributed by atoms with Crippen LogP contribution in [-0.4, -0.2) is 11.1 Å². The van der Waals surface area contributed by atoms with Gasteiger partial charge in [0.1, 0.15) is 0 Å². The standard InChI is InChI=1S/C30H26O2/c1-19-5-4-6-24(15-19)26-13-14-30(2,3)28-18-23-12-11-22(16-25(23)17-27(26)28)20-7-9-21(10-8-20)29(31)32/h4-13,15-18H,14H2,1-3H3,(H,31,32). The van der Waals surface area contributed by atoms with Crippen LogP contribution in [0.3, 0.4) is 0 Å². The van der Waals surface area contributed by atoms with Crippen molar-refractivity contribution in [3.63, 3.8) is 0 Å². The highest BCUT2D eigenvalue weighted by atomic mass is 16.4. The molecule has 0 atom stereocenters. The number of fused-ring (bicyclic) bond motifs is 2. The second-order valence-corrected chi connectivity index (χ2v) is 9.42. The zero-order valence-corrected chi connectivity index (χ0v) is 18.6. The van der Waals surface area contributed by atoms with E-state index in [-0.39, 0.29) is 5.41 Å². The summed E-state index contributed by atoms with van der Waals surface area (Å²) < 4.78 is 0. The molecule has 0 radical (unpaired) electrons. The van der Waals surface area contributed by atoms with E-state index in [9.17, 15) is 9.90 Å². The molecule has 0 saturated heterocycles. The summed E-state index contributed by atoms with van der Waals surface area (Å²) >= 11 is 0. The number of carboxylic acid groups (broad SMARTS) is 1. The molecule has 1 N–H and O–H groups in total. The van der Waals surface area contributed by atoms with Gasteiger partial charge in [-0.15, -0.1) is 0 Å². The molecule has 1 aliphatic rings. The molecule has 158 valence electrons. The number of aryl methyl sites for hydroxylation is 1. The molecule has 0 fully saturated rings. The lowest BCUT2D eigenvalue weighted by Crippen LogP contribution is -2.21. The summed E-state index contributed by atoms with van der Waals surface area (Å²) in [5, 5.41) is 11.6. The minimum Gasteiger partial charge on any atom is -0.478 e. The minimum absolute atomic E-state index is 0.0855. The Bertz CT molecular complexity index is 1390. The Morgan fingerprint density at radius 1 is 0.812 bits per heavy atom. The highest BCUT2D eigenvalue weighted by Gasteiger charge is 2.29. The van der Waals surface area contributed by atoms with Crippen molar-refractivity contribution < 1.29 is 9.90 Å². The van der Waals surface area contributed by atoms with Gasteiger partial charge in [-0.05, 0) is 93.3 Å². The summed E-state index contributed by atoms with van der Waals surface area (Å²) in [7, 11) is 0. The first kappa shape index (κ1) is 20.3. The third-order valence-corrected chi connectivity index (χ3v) is 6.61. The zero-order valence-electron chi connectivity index (χ0n) is 18.6. The van der Waals surface area contributed by atoms with E-state index in [1.165, 1.54) is 38.6 Å². The summed E-state index contributed by atoms with van der Waals surface area (Å²) in [5.74, 6) is -0.903. The van der Waals surface area contributed by atoms with Gasteiger partial charge in [0.2, 0.25) is 0 Å². The third-order valence-electron chi connectivity index (χ3n) is 6.61. The third kappa shape index (κ3) is 3.52. The Hall–Kier alpha value is -3.65. The highest BCUT2D eigenvalue weighted by molar-refractivity contribution is 5.95. The average Bonchev–Trinajstić information content (AvgIpc) is 2.78. The summed E-state index contributed by atoms with van der Waals surface area (Å²) in [6.45, 7) is 6.78. The van der Waals surface area contributed by atoms with Crippen LogP contribution in [0.15, 0.2) is 84.9 Å². The Labute approximate surface area is 188 Å². The van der Waals surface area contributed by atoms with E-state index < -0.39 is 5.97 Å². The maximum atomic E-state index is 11.2. The lowest BCUT2D eigenvalue weighted by Gasteiger charge is -2.33. The monoisotopic (exact) mass is 418 g/mol. The van der Waals surface area contributed by atoms with E-state index in [2.05, 4.69) is 81.4 Å². The van der Waals surface area contributed by atoms with Crippen molar-refractivity contribution in [3.05, 3.63) is 113 Å². The van der Waals surface area contributed by atoms with Crippen molar-refractivity contribution in [1.82, 2.24) is 0 Å². The number of carboxylic acids is 1. The quantitative estimate of drug-likeness (QED) is 0.371. The maximum absolute atomic E-state index is 11.2. The summed E-state index contributed by atoms with van der Waals surface area (Å²) in [6.07, 6.45) is 3.40. The Balaban J connectivity index is 1.65. The molecular formula is C30H26O2. The number of rotatable bonds is 3. The van der Waals surface area contributed by atoms with Crippen LogP contribution < -0.4 is 0 Å². The number of aromatic carboxylic acids is 1. The molecule has 0 aromatic heterocycles. The van der Waals surface area contributed by atoms with Crippen molar-refractivity contribution in [3.8, 4) is 11.1 Å². The van der Waals surface area contributed by atoms with Gasteiger partial charge in [-0.3, -0.25) is 0 Å². The minimum atomic E-state index is -0.903. The predicted molar refractivity (Wildman–Crippen MR) is 132 cm³/mol. The van der Waals surface area contributed by atoms with Crippen LogP contribution in [0.5, 0.6) is 0 Å².